The van der Waals surface area contributed by atoms with Crippen LogP contribution in [0.2, 0.25) is 0 Å². The highest BCUT2D eigenvalue weighted by Crippen LogP contribution is 2.19. The van der Waals surface area contributed by atoms with Crippen LogP contribution >= 0.6 is 0 Å². The van der Waals surface area contributed by atoms with Gasteiger partial charge in [0.2, 0.25) is 5.91 Å². The van der Waals surface area contributed by atoms with Crippen molar-refractivity contribution in [3.8, 4) is 0 Å². The number of rotatable bonds is 9. The Morgan fingerprint density at radius 3 is 2.07 bits per heavy atom. The maximum absolute atomic E-state index is 12.6. The predicted octanol–water partition coefficient (Wildman–Crippen LogP) is 2.17. The third-order valence-electron chi connectivity index (χ3n) is 4.87. The lowest BCUT2D eigenvalue weighted by Crippen LogP contribution is -2.33. The molecule has 0 aromatic heterocycles. The molecule has 0 bridgehead atoms. The van der Waals surface area contributed by atoms with E-state index in [2.05, 4.69) is 31.3 Å². The fourth-order valence-corrected chi connectivity index (χ4v) is 3.13. The second-order valence-corrected chi connectivity index (χ2v) is 7.57. The third-order valence-corrected chi connectivity index (χ3v) is 4.87. The minimum atomic E-state index is -1.50. The SMILES string of the molecule is COC(CNC(=O)C(C)c1ccc(CC(C)C)cc1)c1ccc(B(O)O)cc1. The molecule has 2 atom stereocenters. The fourth-order valence-electron chi connectivity index (χ4n) is 3.13. The first-order valence-corrected chi connectivity index (χ1v) is 9.67. The van der Waals surface area contributed by atoms with Crippen LogP contribution in [0.15, 0.2) is 48.5 Å². The molecule has 5 nitrogen and oxygen atoms in total. The molecule has 28 heavy (non-hydrogen) atoms. The van der Waals surface area contributed by atoms with E-state index in [1.807, 2.05) is 19.1 Å². The molecular formula is C22H30BNO4. The van der Waals surface area contributed by atoms with E-state index in [1.165, 1.54) is 5.56 Å². The number of ether oxygens (including phenoxy) is 1. The minimum Gasteiger partial charge on any atom is -0.423 e. The molecule has 0 fully saturated rings. The zero-order valence-corrected chi connectivity index (χ0v) is 17.1. The van der Waals surface area contributed by atoms with E-state index in [9.17, 15) is 14.8 Å². The van der Waals surface area contributed by atoms with Gasteiger partial charge in [0, 0.05) is 13.7 Å². The van der Waals surface area contributed by atoms with Gasteiger partial charge in [-0.2, -0.15) is 0 Å². The van der Waals surface area contributed by atoms with Crippen molar-refractivity contribution in [2.24, 2.45) is 5.92 Å². The van der Waals surface area contributed by atoms with Crippen molar-refractivity contribution >= 4 is 18.5 Å². The molecule has 2 aromatic carbocycles. The molecule has 0 radical (unpaired) electrons. The average molecular weight is 383 g/mol. The Bertz CT molecular complexity index is 744. The van der Waals surface area contributed by atoms with Crippen molar-refractivity contribution in [3.63, 3.8) is 0 Å². The van der Waals surface area contributed by atoms with E-state index < -0.39 is 7.12 Å². The maximum atomic E-state index is 12.6. The molecule has 1 amide bonds. The largest absolute Gasteiger partial charge is 0.488 e. The first-order valence-electron chi connectivity index (χ1n) is 9.67. The Morgan fingerprint density at radius 1 is 1.00 bits per heavy atom. The molecule has 6 heteroatoms. The quantitative estimate of drug-likeness (QED) is 0.580. The van der Waals surface area contributed by atoms with E-state index in [0.29, 0.717) is 17.9 Å². The molecule has 0 spiro atoms. The molecule has 150 valence electrons. The topological polar surface area (TPSA) is 78.8 Å². The van der Waals surface area contributed by atoms with Crippen LogP contribution < -0.4 is 10.8 Å². The van der Waals surface area contributed by atoms with Gasteiger partial charge in [-0.25, -0.2) is 0 Å². The summed E-state index contributed by atoms with van der Waals surface area (Å²) in [4.78, 5) is 12.6. The Kier molecular flexibility index (Phi) is 8.24. The van der Waals surface area contributed by atoms with Gasteiger partial charge in [0.15, 0.2) is 0 Å². The van der Waals surface area contributed by atoms with E-state index in [0.717, 1.165) is 17.5 Å². The van der Waals surface area contributed by atoms with Gasteiger partial charge in [-0.3, -0.25) is 4.79 Å². The summed E-state index contributed by atoms with van der Waals surface area (Å²) < 4.78 is 5.49. The van der Waals surface area contributed by atoms with Crippen molar-refractivity contribution in [2.45, 2.75) is 39.2 Å². The van der Waals surface area contributed by atoms with Gasteiger partial charge < -0.3 is 20.1 Å². The molecule has 0 aliphatic heterocycles. The summed E-state index contributed by atoms with van der Waals surface area (Å²) in [5, 5.41) is 21.3. The van der Waals surface area contributed by atoms with E-state index in [1.54, 1.807) is 31.4 Å². The number of nitrogens with one attached hydrogen (secondary N) is 1. The molecule has 2 rings (SSSR count). The van der Waals surface area contributed by atoms with Gasteiger partial charge in [-0.05, 0) is 41.4 Å². The number of methoxy groups -OCH3 is 1. The summed E-state index contributed by atoms with van der Waals surface area (Å²) in [7, 11) is 0.0882. The maximum Gasteiger partial charge on any atom is 0.488 e. The monoisotopic (exact) mass is 383 g/mol. The zero-order valence-electron chi connectivity index (χ0n) is 17.1. The van der Waals surface area contributed by atoms with Crippen LogP contribution in [-0.2, 0) is 16.0 Å². The van der Waals surface area contributed by atoms with Crippen LogP contribution in [0, 0.1) is 5.92 Å². The lowest BCUT2D eigenvalue weighted by Gasteiger charge is -2.19. The van der Waals surface area contributed by atoms with Crippen LogP contribution in [-0.4, -0.2) is 36.7 Å². The third kappa shape index (κ3) is 6.19. The molecule has 0 saturated heterocycles. The molecule has 2 aromatic rings. The van der Waals surface area contributed by atoms with Gasteiger partial charge >= 0.3 is 7.12 Å². The summed E-state index contributed by atoms with van der Waals surface area (Å²) in [6.45, 7) is 6.61. The summed E-state index contributed by atoms with van der Waals surface area (Å²) in [5.74, 6) is 0.297. The summed E-state index contributed by atoms with van der Waals surface area (Å²) in [5.41, 5.74) is 3.54. The van der Waals surface area contributed by atoms with Crippen molar-refractivity contribution in [3.05, 3.63) is 65.2 Å². The van der Waals surface area contributed by atoms with Gasteiger partial charge in [-0.1, -0.05) is 62.4 Å². The normalized spacial score (nSPS) is 13.2. The first kappa shape index (κ1) is 22.1. The zero-order chi connectivity index (χ0) is 20.7. The molecule has 0 aliphatic rings. The van der Waals surface area contributed by atoms with Crippen LogP contribution in [0.4, 0.5) is 0 Å². The number of carbonyl (C=O) groups is 1. The van der Waals surface area contributed by atoms with Crippen molar-refractivity contribution in [2.75, 3.05) is 13.7 Å². The highest BCUT2D eigenvalue weighted by atomic mass is 16.5. The number of carbonyl (C=O) groups excluding carboxylic acids is 1. The second-order valence-electron chi connectivity index (χ2n) is 7.57. The van der Waals surface area contributed by atoms with Crippen LogP contribution in [0.1, 0.15) is 49.5 Å². The van der Waals surface area contributed by atoms with E-state index in [4.69, 9.17) is 4.74 Å². The van der Waals surface area contributed by atoms with E-state index >= 15 is 0 Å². The molecule has 3 N–H and O–H groups in total. The Morgan fingerprint density at radius 2 is 1.57 bits per heavy atom. The van der Waals surface area contributed by atoms with Gasteiger partial charge in [0.05, 0.1) is 12.0 Å². The minimum absolute atomic E-state index is 0.0546. The lowest BCUT2D eigenvalue weighted by atomic mass is 9.80. The highest BCUT2D eigenvalue weighted by molar-refractivity contribution is 6.58. The number of benzene rings is 2. The molecule has 0 aliphatic carbocycles. The molecule has 2 unspecified atom stereocenters. The smallest absolute Gasteiger partial charge is 0.423 e. The molecular weight excluding hydrogens is 353 g/mol. The van der Waals surface area contributed by atoms with Crippen LogP contribution in [0.5, 0.6) is 0 Å². The summed E-state index contributed by atoms with van der Waals surface area (Å²) in [6.07, 6.45) is 0.720. The first-order chi connectivity index (χ1) is 13.3. The lowest BCUT2D eigenvalue weighted by molar-refractivity contribution is -0.122. The van der Waals surface area contributed by atoms with Crippen LogP contribution in [0.25, 0.3) is 0 Å². The Labute approximate surface area is 167 Å². The molecule has 0 saturated carbocycles. The van der Waals surface area contributed by atoms with Crippen molar-refractivity contribution < 1.29 is 19.6 Å². The highest BCUT2D eigenvalue weighted by Gasteiger charge is 2.18. The predicted molar refractivity (Wildman–Crippen MR) is 112 cm³/mol. The fraction of sp³-hybridized carbons (Fsp3) is 0.409. The van der Waals surface area contributed by atoms with Gasteiger partial charge in [0.1, 0.15) is 0 Å². The summed E-state index contributed by atoms with van der Waals surface area (Å²) >= 11 is 0. The van der Waals surface area contributed by atoms with E-state index in [-0.39, 0.29) is 17.9 Å². The van der Waals surface area contributed by atoms with Crippen molar-refractivity contribution in [1.82, 2.24) is 5.32 Å². The Balaban J connectivity index is 1.95. The van der Waals surface area contributed by atoms with Crippen molar-refractivity contribution in [1.29, 1.82) is 0 Å². The summed E-state index contributed by atoms with van der Waals surface area (Å²) in [6, 6.07) is 15.0. The second kappa shape index (κ2) is 10.4. The number of hydrogen-bond acceptors (Lipinski definition) is 4. The van der Waals surface area contributed by atoms with Gasteiger partial charge in [-0.15, -0.1) is 0 Å². The number of amides is 1. The molecule has 0 heterocycles. The standard InChI is InChI=1S/C22H30BNO4/c1-15(2)13-17-5-7-18(8-6-17)16(3)22(25)24-14-21(28-4)19-9-11-20(12-10-19)23(26)27/h5-12,15-16,21,26-27H,13-14H2,1-4H3,(H,24,25). The number of hydrogen-bond donors (Lipinski definition) is 3. The Hall–Kier alpha value is -2.15. The average Bonchev–Trinajstić information content (AvgIpc) is 2.68. The van der Waals surface area contributed by atoms with Gasteiger partial charge in [0.25, 0.3) is 0 Å². The van der Waals surface area contributed by atoms with Crippen LogP contribution in [0.3, 0.4) is 0 Å².